The first kappa shape index (κ1) is 23.8. The molecule has 1 aliphatic rings. The topological polar surface area (TPSA) is 80.3 Å². The maximum absolute atomic E-state index is 13.5. The van der Waals surface area contributed by atoms with Gasteiger partial charge in [0.2, 0.25) is 5.91 Å². The van der Waals surface area contributed by atoms with E-state index in [0.29, 0.717) is 18.5 Å². The molecular formula is C22H23ClF3N3O3. The minimum Gasteiger partial charge on any atom is -0.484 e. The highest BCUT2D eigenvalue weighted by Gasteiger charge is 2.40. The van der Waals surface area contributed by atoms with E-state index in [0.717, 1.165) is 31.5 Å². The maximum Gasteiger partial charge on any atom is 0.265 e. The Morgan fingerprint density at radius 2 is 1.91 bits per heavy atom. The molecule has 1 aromatic heterocycles. The molecule has 2 amide bonds. The number of halogens is 4. The van der Waals surface area contributed by atoms with Crippen molar-refractivity contribution in [1.82, 2.24) is 15.6 Å². The highest BCUT2D eigenvalue weighted by atomic mass is 35.5. The lowest BCUT2D eigenvalue weighted by Gasteiger charge is -2.36. The monoisotopic (exact) mass is 469 g/mol. The normalized spacial score (nSPS) is 15.3. The van der Waals surface area contributed by atoms with Gasteiger partial charge in [0.25, 0.3) is 12.3 Å². The molecule has 0 spiro atoms. The summed E-state index contributed by atoms with van der Waals surface area (Å²) in [7, 11) is 0. The van der Waals surface area contributed by atoms with Crippen LogP contribution in [0.5, 0.6) is 5.75 Å². The molecule has 1 aliphatic carbocycles. The van der Waals surface area contributed by atoms with E-state index >= 15 is 0 Å². The number of ether oxygens (including phenoxy) is 1. The lowest BCUT2D eigenvalue weighted by Crippen LogP contribution is -2.60. The smallest absolute Gasteiger partial charge is 0.265 e. The Morgan fingerprint density at radius 3 is 2.53 bits per heavy atom. The number of benzene rings is 1. The SMILES string of the molecule is O=C(COc1ccc(Cl)c(F)c1)NC1(C(=O)NCc2ccc(C(F)F)cn2)CCCCC1. The van der Waals surface area contributed by atoms with Crippen LogP contribution in [0.15, 0.2) is 36.5 Å². The minimum atomic E-state index is -2.61. The van der Waals surface area contributed by atoms with Gasteiger partial charge in [-0.2, -0.15) is 0 Å². The van der Waals surface area contributed by atoms with E-state index in [1.165, 1.54) is 24.3 Å². The fourth-order valence-electron chi connectivity index (χ4n) is 3.59. The van der Waals surface area contributed by atoms with Crippen molar-refractivity contribution in [2.24, 2.45) is 0 Å². The summed E-state index contributed by atoms with van der Waals surface area (Å²) in [5.74, 6) is -1.41. The summed E-state index contributed by atoms with van der Waals surface area (Å²) < 4.78 is 44.1. The third-order valence-corrected chi connectivity index (χ3v) is 5.62. The van der Waals surface area contributed by atoms with Gasteiger partial charge in [0, 0.05) is 17.8 Å². The zero-order valence-electron chi connectivity index (χ0n) is 17.2. The Balaban J connectivity index is 1.59. The summed E-state index contributed by atoms with van der Waals surface area (Å²) >= 11 is 5.63. The molecule has 6 nitrogen and oxygen atoms in total. The van der Waals surface area contributed by atoms with Gasteiger partial charge in [0.15, 0.2) is 6.61 Å². The van der Waals surface area contributed by atoms with Crippen LogP contribution in [0.4, 0.5) is 13.2 Å². The van der Waals surface area contributed by atoms with Crippen LogP contribution in [0.2, 0.25) is 5.02 Å². The van der Waals surface area contributed by atoms with Crippen molar-refractivity contribution in [3.05, 3.63) is 58.6 Å². The second-order valence-electron chi connectivity index (χ2n) is 7.62. The first-order chi connectivity index (χ1) is 15.3. The van der Waals surface area contributed by atoms with E-state index in [2.05, 4.69) is 15.6 Å². The molecule has 1 saturated carbocycles. The number of carbonyl (C=O) groups excluding carboxylic acids is 2. The molecule has 0 atom stereocenters. The standard InChI is InChI=1S/C22H23ClF3N3O3/c23-17-7-6-16(10-18(17)24)32-13-19(30)29-22(8-2-1-3-9-22)21(31)28-12-15-5-4-14(11-27-15)20(25)26/h4-7,10-11,20H,1-3,8-9,12-13H2,(H,28,31)(H,29,30). The van der Waals surface area contributed by atoms with Crippen LogP contribution in [0.3, 0.4) is 0 Å². The van der Waals surface area contributed by atoms with Crippen molar-refractivity contribution in [2.45, 2.75) is 50.6 Å². The van der Waals surface area contributed by atoms with Gasteiger partial charge in [-0.05, 0) is 37.1 Å². The molecule has 0 aliphatic heterocycles. The van der Waals surface area contributed by atoms with Gasteiger partial charge in [-0.25, -0.2) is 13.2 Å². The van der Waals surface area contributed by atoms with Crippen molar-refractivity contribution in [2.75, 3.05) is 6.61 Å². The summed E-state index contributed by atoms with van der Waals surface area (Å²) in [6.07, 6.45) is 1.84. The number of hydrogen-bond donors (Lipinski definition) is 2. The van der Waals surface area contributed by atoms with Crippen molar-refractivity contribution >= 4 is 23.4 Å². The molecule has 2 N–H and O–H groups in total. The molecule has 172 valence electrons. The number of aromatic nitrogens is 1. The average Bonchev–Trinajstić information content (AvgIpc) is 2.79. The molecule has 1 aromatic carbocycles. The van der Waals surface area contributed by atoms with Crippen LogP contribution < -0.4 is 15.4 Å². The summed E-state index contributed by atoms with van der Waals surface area (Å²) in [5, 5.41) is 5.46. The quantitative estimate of drug-likeness (QED) is 0.603. The summed E-state index contributed by atoms with van der Waals surface area (Å²) in [4.78, 5) is 29.4. The number of nitrogens with one attached hydrogen (secondary N) is 2. The average molecular weight is 470 g/mol. The Hall–Kier alpha value is -2.81. The van der Waals surface area contributed by atoms with Crippen molar-refractivity contribution < 1.29 is 27.5 Å². The number of rotatable bonds is 8. The van der Waals surface area contributed by atoms with Crippen molar-refractivity contribution in [3.63, 3.8) is 0 Å². The lowest BCUT2D eigenvalue weighted by molar-refractivity contribution is -0.136. The van der Waals surface area contributed by atoms with E-state index in [1.807, 2.05) is 0 Å². The van der Waals surface area contributed by atoms with Gasteiger partial charge < -0.3 is 15.4 Å². The first-order valence-corrected chi connectivity index (χ1v) is 10.6. The summed E-state index contributed by atoms with van der Waals surface area (Å²) in [5.41, 5.74) is -0.878. The van der Waals surface area contributed by atoms with Crippen molar-refractivity contribution in [3.8, 4) is 5.75 Å². The Morgan fingerprint density at radius 1 is 1.16 bits per heavy atom. The maximum atomic E-state index is 13.5. The van der Waals surface area contributed by atoms with Gasteiger partial charge >= 0.3 is 0 Å². The molecule has 2 aromatic rings. The highest BCUT2D eigenvalue weighted by molar-refractivity contribution is 6.30. The number of nitrogens with zero attached hydrogens (tertiary/aromatic N) is 1. The lowest BCUT2D eigenvalue weighted by atomic mass is 9.80. The zero-order chi connectivity index (χ0) is 23.1. The number of amides is 2. The first-order valence-electron chi connectivity index (χ1n) is 10.2. The fraction of sp³-hybridized carbons (Fsp3) is 0.409. The molecule has 3 rings (SSSR count). The number of alkyl halides is 2. The number of carbonyl (C=O) groups is 2. The minimum absolute atomic E-state index is 0.0422. The number of pyridine rings is 1. The molecule has 32 heavy (non-hydrogen) atoms. The van der Waals surface area contributed by atoms with Gasteiger partial charge in [-0.15, -0.1) is 0 Å². The van der Waals surface area contributed by atoms with Crippen LogP contribution in [0.1, 0.15) is 49.8 Å². The van der Waals surface area contributed by atoms with E-state index in [4.69, 9.17) is 16.3 Å². The van der Waals surface area contributed by atoms with Crippen LogP contribution in [-0.2, 0) is 16.1 Å². The van der Waals surface area contributed by atoms with E-state index in [9.17, 15) is 22.8 Å². The van der Waals surface area contributed by atoms with E-state index in [-0.39, 0.29) is 28.8 Å². The molecule has 0 bridgehead atoms. The molecule has 0 radical (unpaired) electrons. The molecule has 0 unspecified atom stereocenters. The predicted octanol–water partition coefficient (Wildman–Crippen LogP) is 4.33. The van der Waals surface area contributed by atoms with Crippen LogP contribution in [0, 0.1) is 5.82 Å². The van der Waals surface area contributed by atoms with Crippen LogP contribution in [-0.4, -0.2) is 28.9 Å². The van der Waals surface area contributed by atoms with Gasteiger partial charge in [-0.3, -0.25) is 14.6 Å². The number of hydrogen-bond acceptors (Lipinski definition) is 4. The fourth-order valence-corrected chi connectivity index (χ4v) is 3.71. The third kappa shape index (κ3) is 6.12. The predicted molar refractivity (Wildman–Crippen MR) is 112 cm³/mol. The highest BCUT2D eigenvalue weighted by Crippen LogP contribution is 2.29. The van der Waals surface area contributed by atoms with Gasteiger partial charge in [0.05, 0.1) is 17.3 Å². The molecule has 10 heteroatoms. The molecule has 1 heterocycles. The molecule has 0 saturated heterocycles. The second-order valence-corrected chi connectivity index (χ2v) is 8.03. The second kappa shape index (κ2) is 10.7. The Kier molecular flexibility index (Phi) is 7.95. The summed E-state index contributed by atoms with van der Waals surface area (Å²) in [6, 6.07) is 6.52. The summed E-state index contributed by atoms with van der Waals surface area (Å²) in [6.45, 7) is -0.354. The van der Waals surface area contributed by atoms with E-state index in [1.54, 1.807) is 0 Å². The van der Waals surface area contributed by atoms with Gasteiger partial charge in [0.1, 0.15) is 17.1 Å². The zero-order valence-corrected chi connectivity index (χ0v) is 17.9. The van der Waals surface area contributed by atoms with Gasteiger partial charge in [-0.1, -0.05) is 30.9 Å². The largest absolute Gasteiger partial charge is 0.484 e. The van der Waals surface area contributed by atoms with Crippen LogP contribution in [0.25, 0.3) is 0 Å². The molecular weight excluding hydrogens is 447 g/mol. The van der Waals surface area contributed by atoms with Crippen LogP contribution >= 0.6 is 11.6 Å². The molecule has 1 fully saturated rings. The Bertz CT molecular complexity index is 951. The van der Waals surface area contributed by atoms with E-state index < -0.39 is 30.3 Å². The van der Waals surface area contributed by atoms with Crippen molar-refractivity contribution in [1.29, 1.82) is 0 Å². The third-order valence-electron chi connectivity index (χ3n) is 5.31. The Labute approximate surface area is 188 Å².